The molecular weight excluding hydrogens is 428 g/mol. The number of esters is 2. The number of hydrogen-bond donors (Lipinski definition) is 1. The molecular formula is C25H28O8. The summed E-state index contributed by atoms with van der Waals surface area (Å²) in [5.41, 5.74) is -5.96. The summed E-state index contributed by atoms with van der Waals surface area (Å²) >= 11 is 0. The zero-order valence-corrected chi connectivity index (χ0v) is 19.7. The quantitative estimate of drug-likeness (QED) is 0.335. The topological polar surface area (TPSA) is 104 Å². The van der Waals surface area contributed by atoms with Gasteiger partial charge in [0.2, 0.25) is 5.79 Å². The van der Waals surface area contributed by atoms with Crippen LogP contribution >= 0.6 is 0 Å². The predicted molar refractivity (Wildman–Crippen MR) is 109 cm³/mol. The lowest BCUT2D eigenvalue weighted by atomic mass is 9.32. The van der Waals surface area contributed by atoms with Gasteiger partial charge in [0, 0.05) is 16.9 Å². The van der Waals surface area contributed by atoms with Crippen LogP contribution in [-0.4, -0.2) is 57.6 Å². The van der Waals surface area contributed by atoms with Crippen LogP contribution < -0.4 is 0 Å². The molecule has 6 heterocycles. The molecule has 5 saturated heterocycles. The summed E-state index contributed by atoms with van der Waals surface area (Å²) in [6, 6.07) is 0. The Morgan fingerprint density at radius 3 is 2.52 bits per heavy atom. The maximum atomic E-state index is 14.0. The molecule has 33 heavy (non-hydrogen) atoms. The molecule has 6 aliphatic heterocycles. The van der Waals surface area contributed by atoms with Gasteiger partial charge in [0.05, 0.1) is 11.5 Å². The predicted octanol–water partition coefficient (Wildman–Crippen LogP) is 1.90. The van der Waals surface area contributed by atoms with Crippen LogP contribution in [0.5, 0.6) is 0 Å². The summed E-state index contributed by atoms with van der Waals surface area (Å²) in [4.78, 5) is 26.9. The Hall–Kier alpha value is -1.74. The zero-order chi connectivity index (χ0) is 23.6. The van der Waals surface area contributed by atoms with E-state index in [1.165, 1.54) is 6.08 Å². The van der Waals surface area contributed by atoms with E-state index in [2.05, 4.69) is 13.5 Å². The molecule has 0 amide bonds. The molecule has 3 saturated carbocycles. The first-order chi connectivity index (χ1) is 15.1. The zero-order valence-electron chi connectivity index (χ0n) is 19.7. The van der Waals surface area contributed by atoms with Crippen LogP contribution in [0.4, 0.5) is 0 Å². The Labute approximate surface area is 191 Å². The maximum Gasteiger partial charge on any atom is 0.331 e. The van der Waals surface area contributed by atoms with Gasteiger partial charge in [-0.25, -0.2) is 4.79 Å². The van der Waals surface area contributed by atoms with Crippen LogP contribution in [0.1, 0.15) is 54.4 Å². The van der Waals surface area contributed by atoms with E-state index < -0.39 is 68.1 Å². The van der Waals surface area contributed by atoms with Gasteiger partial charge in [0.1, 0.15) is 17.1 Å². The number of carbonyl (C=O) groups excluding carboxylic acids is 2. The van der Waals surface area contributed by atoms with Crippen molar-refractivity contribution in [1.29, 1.82) is 0 Å². The Balaban J connectivity index is 1.56. The van der Waals surface area contributed by atoms with Gasteiger partial charge in [-0.3, -0.25) is 4.79 Å². The second-order valence-corrected chi connectivity index (χ2v) is 12.6. The van der Waals surface area contributed by atoms with Crippen molar-refractivity contribution in [1.82, 2.24) is 0 Å². The standard InChI is InChI=1S/C25H28O8/c1-11-18(5)10-21-13-8-15(26)31-17(3,4)23(13)14(30-23)9-19(21,6)22(11)16(27)29-12(2)24(22)25(18,28)33-20(21,7)32-24/h8,12,14,28H,1,9-10H2,2-7H3/t12-,14-,18-,19+,20+,21-,22+,23+,24+,25-/m1/s1. The van der Waals surface area contributed by atoms with Gasteiger partial charge < -0.3 is 28.8 Å². The van der Waals surface area contributed by atoms with Crippen molar-refractivity contribution in [2.45, 2.75) is 95.0 Å². The second-order valence-electron chi connectivity index (χ2n) is 12.6. The smallest absolute Gasteiger partial charge is 0.331 e. The summed E-state index contributed by atoms with van der Waals surface area (Å²) in [7, 11) is 0. The molecule has 3 aliphatic carbocycles. The molecule has 0 aromatic carbocycles. The molecule has 4 spiro atoms. The lowest BCUT2D eigenvalue weighted by Crippen LogP contribution is -2.79. The average Bonchev–Trinajstić information content (AvgIpc) is 3.26. The Morgan fingerprint density at radius 1 is 1.12 bits per heavy atom. The van der Waals surface area contributed by atoms with Crippen molar-refractivity contribution in [2.24, 2.45) is 21.7 Å². The minimum absolute atomic E-state index is 0.257. The summed E-state index contributed by atoms with van der Waals surface area (Å²) in [5.74, 6) is -4.00. The summed E-state index contributed by atoms with van der Waals surface area (Å²) < 4.78 is 31.6. The van der Waals surface area contributed by atoms with E-state index in [1.807, 2.05) is 27.7 Å². The first-order valence-electron chi connectivity index (χ1n) is 11.8. The molecule has 8 fully saturated rings. The number of aliphatic hydroxyl groups is 1. The molecule has 1 N–H and O–H groups in total. The molecule has 0 aromatic rings. The van der Waals surface area contributed by atoms with Crippen LogP contribution in [0.15, 0.2) is 23.8 Å². The van der Waals surface area contributed by atoms with Crippen LogP contribution in [-0.2, 0) is 33.3 Å². The first kappa shape index (κ1) is 19.6. The van der Waals surface area contributed by atoms with Gasteiger partial charge >= 0.3 is 11.9 Å². The molecule has 9 aliphatic rings. The minimum atomic E-state index is -1.80. The minimum Gasteiger partial charge on any atom is -0.459 e. The Morgan fingerprint density at radius 2 is 1.82 bits per heavy atom. The van der Waals surface area contributed by atoms with Gasteiger partial charge in [-0.15, -0.1) is 0 Å². The molecule has 8 heteroatoms. The third-order valence-electron chi connectivity index (χ3n) is 11.6. The Kier molecular flexibility index (Phi) is 2.51. The second kappa shape index (κ2) is 4.23. The molecule has 6 bridgehead atoms. The van der Waals surface area contributed by atoms with Crippen molar-refractivity contribution < 1.29 is 38.4 Å². The maximum absolute atomic E-state index is 14.0. The first-order valence-corrected chi connectivity index (χ1v) is 11.8. The van der Waals surface area contributed by atoms with E-state index in [9.17, 15) is 14.7 Å². The van der Waals surface area contributed by atoms with E-state index in [0.29, 0.717) is 18.4 Å². The average molecular weight is 456 g/mol. The normalized spacial score (nSPS) is 66.3. The number of carbonyl (C=O) groups is 2. The van der Waals surface area contributed by atoms with Crippen molar-refractivity contribution in [2.75, 3.05) is 0 Å². The monoisotopic (exact) mass is 456 g/mol. The highest BCUT2D eigenvalue weighted by Gasteiger charge is 3.07. The largest absolute Gasteiger partial charge is 0.459 e. The summed E-state index contributed by atoms with van der Waals surface area (Å²) in [5, 5.41) is 12.4. The fraction of sp³-hybridized carbons (Fsp3) is 0.760. The molecule has 0 unspecified atom stereocenters. The number of cyclic esters (lactones) is 2. The van der Waals surface area contributed by atoms with Gasteiger partial charge in [0.15, 0.2) is 17.0 Å². The molecule has 10 atom stereocenters. The number of ether oxygens (including phenoxy) is 5. The van der Waals surface area contributed by atoms with Crippen molar-refractivity contribution in [3.8, 4) is 0 Å². The van der Waals surface area contributed by atoms with Gasteiger partial charge in [-0.1, -0.05) is 20.4 Å². The van der Waals surface area contributed by atoms with Crippen LogP contribution in [0.2, 0.25) is 0 Å². The molecule has 0 aromatic heterocycles. The SMILES string of the molecule is C=C1[C@@]23C(=O)O[C@H](C)[C@]24O[C@@]2(C)O[C@]4(O)[C@]1(C)C[C@]21C2=CC(=O)OC(C)(C)[C@]24O[C@@H]4C[C@@]13C. The van der Waals surface area contributed by atoms with Crippen LogP contribution in [0, 0.1) is 21.7 Å². The highest BCUT2D eigenvalue weighted by molar-refractivity contribution is 5.93. The van der Waals surface area contributed by atoms with Crippen molar-refractivity contribution in [3.05, 3.63) is 23.8 Å². The fourth-order valence-corrected chi connectivity index (χ4v) is 10.6. The van der Waals surface area contributed by atoms with E-state index >= 15 is 0 Å². The number of rotatable bonds is 0. The molecule has 176 valence electrons. The van der Waals surface area contributed by atoms with E-state index in [0.717, 1.165) is 5.57 Å². The van der Waals surface area contributed by atoms with Gasteiger partial charge in [-0.2, -0.15) is 0 Å². The highest BCUT2D eigenvalue weighted by atomic mass is 16.8. The third kappa shape index (κ3) is 1.19. The van der Waals surface area contributed by atoms with Crippen molar-refractivity contribution >= 4 is 11.9 Å². The molecule has 8 nitrogen and oxygen atoms in total. The highest BCUT2D eigenvalue weighted by Crippen LogP contribution is 2.96. The van der Waals surface area contributed by atoms with Crippen molar-refractivity contribution in [3.63, 3.8) is 0 Å². The molecule has 9 rings (SSSR count). The third-order valence-corrected chi connectivity index (χ3v) is 11.6. The van der Waals surface area contributed by atoms with Gasteiger partial charge in [0.25, 0.3) is 0 Å². The fourth-order valence-electron chi connectivity index (χ4n) is 10.6. The van der Waals surface area contributed by atoms with Crippen LogP contribution in [0.3, 0.4) is 0 Å². The van der Waals surface area contributed by atoms with E-state index in [1.54, 1.807) is 6.92 Å². The Bertz CT molecular complexity index is 1220. The van der Waals surface area contributed by atoms with Gasteiger partial charge in [-0.05, 0) is 51.7 Å². The lowest BCUT2D eigenvalue weighted by Gasteiger charge is -2.73. The van der Waals surface area contributed by atoms with E-state index in [4.69, 9.17) is 23.7 Å². The summed E-state index contributed by atoms with van der Waals surface area (Å²) in [6.45, 7) is 15.7. The number of hydrogen-bond acceptors (Lipinski definition) is 8. The number of epoxide rings is 1. The lowest BCUT2D eigenvalue weighted by molar-refractivity contribution is -0.386. The van der Waals surface area contributed by atoms with E-state index in [-0.39, 0.29) is 6.10 Å². The molecule has 0 radical (unpaired) electrons. The van der Waals surface area contributed by atoms with Crippen LogP contribution in [0.25, 0.3) is 0 Å². The summed E-state index contributed by atoms with van der Waals surface area (Å²) in [6.07, 6.45) is 1.45.